The van der Waals surface area contributed by atoms with E-state index in [1.54, 1.807) is 12.4 Å². The maximum Gasteiger partial charge on any atom is 0.319 e. The number of hydrogen-bond donors (Lipinski definition) is 3. The van der Waals surface area contributed by atoms with Crippen molar-refractivity contribution in [3.63, 3.8) is 0 Å². The molecule has 0 aliphatic heterocycles. The summed E-state index contributed by atoms with van der Waals surface area (Å²) in [4.78, 5) is 20.5. The Kier molecular flexibility index (Phi) is 3.56. The third-order valence-electron chi connectivity index (χ3n) is 4.11. The number of rotatable bonds is 4. The molecular formula is C14H20N4O2. The Bertz CT molecular complexity index is 478. The molecule has 1 aromatic rings. The molecule has 0 unspecified atom stereocenters. The van der Waals surface area contributed by atoms with Crippen LogP contribution in [0.2, 0.25) is 0 Å². The van der Waals surface area contributed by atoms with Gasteiger partial charge in [0.15, 0.2) is 0 Å². The second-order valence-electron chi connectivity index (χ2n) is 5.83. The number of hydrogen-bond acceptors (Lipinski definition) is 4. The largest absolute Gasteiger partial charge is 0.394 e. The Balaban J connectivity index is 1.57. The summed E-state index contributed by atoms with van der Waals surface area (Å²) in [6, 6.07) is -0.302. The SMILES string of the molecule is O=C(Nc1cnc(C2CC2)nc1)NC1(CO)CCCC1. The van der Waals surface area contributed by atoms with Crippen molar-refractivity contribution in [1.82, 2.24) is 15.3 Å². The van der Waals surface area contributed by atoms with E-state index in [1.165, 1.54) is 0 Å². The number of carbonyl (C=O) groups is 1. The van der Waals surface area contributed by atoms with Crippen LogP contribution in [0, 0.1) is 0 Å². The van der Waals surface area contributed by atoms with Gasteiger partial charge in [-0.25, -0.2) is 14.8 Å². The van der Waals surface area contributed by atoms with E-state index in [1.807, 2.05) is 0 Å². The first-order chi connectivity index (χ1) is 9.71. The molecule has 3 rings (SSSR count). The Morgan fingerprint density at radius 2 is 1.95 bits per heavy atom. The maximum atomic E-state index is 12.0. The normalized spacial score (nSPS) is 20.6. The number of urea groups is 1. The molecule has 2 aliphatic carbocycles. The van der Waals surface area contributed by atoms with E-state index in [-0.39, 0.29) is 12.6 Å². The highest BCUT2D eigenvalue weighted by atomic mass is 16.3. The summed E-state index contributed by atoms with van der Waals surface area (Å²) in [5.41, 5.74) is 0.122. The molecule has 6 heteroatoms. The van der Waals surface area contributed by atoms with Crippen LogP contribution in [0.5, 0.6) is 0 Å². The van der Waals surface area contributed by atoms with Crippen LogP contribution in [0.3, 0.4) is 0 Å². The highest BCUT2D eigenvalue weighted by Crippen LogP contribution is 2.37. The van der Waals surface area contributed by atoms with E-state index in [9.17, 15) is 9.90 Å². The van der Waals surface area contributed by atoms with Crippen LogP contribution in [0.15, 0.2) is 12.4 Å². The monoisotopic (exact) mass is 276 g/mol. The lowest BCUT2D eigenvalue weighted by Gasteiger charge is -2.27. The standard InChI is InChI=1S/C14H20N4O2/c19-9-14(5-1-2-6-14)18-13(20)17-11-7-15-12(16-8-11)10-3-4-10/h7-8,10,19H,1-6,9H2,(H2,17,18,20). The van der Waals surface area contributed by atoms with E-state index in [4.69, 9.17) is 0 Å². The summed E-state index contributed by atoms with van der Waals surface area (Å²) < 4.78 is 0. The molecule has 0 aromatic carbocycles. The van der Waals surface area contributed by atoms with Crippen molar-refractivity contribution in [1.29, 1.82) is 0 Å². The van der Waals surface area contributed by atoms with Crippen LogP contribution in [-0.2, 0) is 0 Å². The Morgan fingerprint density at radius 3 is 2.50 bits per heavy atom. The Morgan fingerprint density at radius 1 is 1.30 bits per heavy atom. The van der Waals surface area contributed by atoms with Crippen LogP contribution in [0.4, 0.5) is 10.5 Å². The topological polar surface area (TPSA) is 87.1 Å². The van der Waals surface area contributed by atoms with Gasteiger partial charge in [0.05, 0.1) is 30.2 Å². The number of carbonyl (C=O) groups excluding carboxylic acids is 1. The van der Waals surface area contributed by atoms with Crippen LogP contribution in [0.25, 0.3) is 0 Å². The van der Waals surface area contributed by atoms with Gasteiger partial charge in [0.25, 0.3) is 0 Å². The van der Waals surface area contributed by atoms with Gasteiger partial charge in [-0.1, -0.05) is 12.8 Å². The summed E-state index contributed by atoms with van der Waals surface area (Å²) in [5, 5.41) is 15.1. The number of aliphatic hydroxyl groups is 1. The molecule has 0 radical (unpaired) electrons. The number of anilines is 1. The second kappa shape index (κ2) is 5.36. The highest BCUT2D eigenvalue weighted by molar-refractivity contribution is 5.89. The first-order valence-electron chi connectivity index (χ1n) is 7.23. The van der Waals surface area contributed by atoms with E-state index >= 15 is 0 Å². The molecule has 1 aromatic heterocycles. The first kappa shape index (κ1) is 13.3. The van der Waals surface area contributed by atoms with Crippen LogP contribution in [0.1, 0.15) is 50.3 Å². The summed E-state index contributed by atoms with van der Waals surface area (Å²) >= 11 is 0. The highest BCUT2D eigenvalue weighted by Gasteiger charge is 2.34. The van der Waals surface area contributed by atoms with Crippen molar-refractivity contribution in [3.05, 3.63) is 18.2 Å². The minimum absolute atomic E-state index is 0.0163. The molecule has 3 N–H and O–H groups in total. The summed E-state index contributed by atoms with van der Waals surface area (Å²) in [7, 11) is 0. The van der Waals surface area contributed by atoms with Gasteiger partial charge < -0.3 is 15.7 Å². The summed E-state index contributed by atoms with van der Waals surface area (Å²) in [6.07, 6.45) is 9.34. The molecule has 2 aliphatic rings. The Hall–Kier alpha value is -1.69. The van der Waals surface area contributed by atoms with Gasteiger partial charge in [-0.2, -0.15) is 0 Å². The second-order valence-corrected chi connectivity index (χ2v) is 5.83. The number of aromatic nitrogens is 2. The zero-order chi connectivity index (χ0) is 14.0. The molecule has 2 saturated carbocycles. The van der Waals surface area contributed by atoms with Crippen molar-refractivity contribution in [2.24, 2.45) is 0 Å². The molecule has 1 heterocycles. The smallest absolute Gasteiger partial charge is 0.319 e. The fourth-order valence-corrected chi connectivity index (χ4v) is 2.73. The molecule has 0 spiro atoms. The average molecular weight is 276 g/mol. The number of nitrogens with one attached hydrogen (secondary N) is 2. The third-order valence-corrected chi connectivity index (χ3v) is 4.11. The van der Waals surface area contributed by atoms with Gasteiger partial charge >= 0.3 is 6.03 Å². The van der Waals surface area contributed by atoms with Crippen LogP contribution < -0.4 is 10.6 Å². The number of aliphatic hydroxyl groups excluding tert-OH is 1. The Labute approximate surface area is 118 Å². The molecule has 2 amide bonds. The molecule has 0 atom stereocenters. The third kappa shape index (κ3) is 2.90. The van der Waals surface area contributed by atoms with E-state index in [2.05, 4.69) is 20.6 Å². The van der Waals surface area contributed by atoms with Crippen LogP contribution >= 0.6 is 0 Å². The predicted octanol–water partition coefficient (Wildman–Crippen LogP) is 1.78. The molecule has 2 fully saturated rings. The van der Waals surface area contributed by atoms with Gasteiger partial charge in [0.2, 0.25) is 0 Å². The van der Waals surface area contributed by atoms with Gasteiger partial charge in [-0.3, -0.25) is 0 Å². The van der Waals surface area contributed by atoms with Crippen molar-refractivity contribution in [2.75, 3.05) is 11.9 Å². The quantitative estimate of drug-likeness (QED) is 0.782. The summed E-state index contributed by atoms with van der Waals surface area (Å²) in [5.74, 6) is 1.37. The van der Waals surface area contributed by atoms with E-state index < -0.39 is 5.54 Å². The number of amides is 2. The van der Waals surface area contributed by atoms with Gasteiger partial charge in [-0.05, 0) is 25.7 Å². The molecule has 20 heavy (non-hydrogen) atoms. The molecule has 0 saturated heterocycles. The fourth-order valence-electron chi connectivity index (χ4n) is 2.73. The lowest BCUT2D eigenvalue weighted by Crippen LogP contribution is -2.50. The predicted molar refractivity (Wildman–Crippen MR) is 74.4 cm³/mol. The minimum Gasteiger partial charge on any atom is -0.394 e. The van der Waals surface area contributed by atoms with Crippen molar-refractivity contribution in [2.45, 2.75) is 50.0 Å². The molecule has 6 nitrogen and oxygen atoms in total. The van der Waals surface area contributed by atoms with Crippen molar-refractivity contribution >= 4 is 11.7 Å². The fraction of sp³-hybridized carbons (Fsp3) is 0.643. The van der Waals surface area contributed by atoms with Gasteiger partial charge in [0, 0.05) is 5.92 Å². The zero-order valence-electron chi connectivity index (χ0n) is 11.4. The van der Waals surface area contributed by atoms with Gasteiger partial charge in [-0.15, -0.1) is 0 Å². The number of nitrogens with zero attached hydrogens (tertiary/aromatic N) is 2. The average Bonchev–Trinajstić information content (AvgIpc) is 3.20. The van der Waals surface area contributed by atoms with Gasteiger partial charge in [0.1, 0.15) is 5.82 Å². The molecular weight excluding hydrogens is 256 g/mol. The summed E-state index contributed by atoms with van der Waals surface area (Å²) in [6.45, 7) is -0.0163. The van der Waals surface area contributed by atoms with E-state index in [0.29, 0.717) is 11.6 Å². The minimum atomic E-state index is -0.459. The maximum absolute atomic E-state index is 12.0. The molecule has 0 bridgehead atoms. The van der Waals surface area contributed by atoms with E-state index in [0.717, 1.165) is 44.3 Å². The van der Waals surface area contributed by atoms with Crippen molar-refractivity contribution in [3.8, 4) is 0 Å². The lowest BCUT2D eigenvalue weighted by molar-refractivity contribution is 0.167. The lowest BCUT2D eigenvalue weighted by atomic mass is 9.99. The first-order valence-corrected chi connectivity index (χ1v) is 7.23. The molecule has 108 valence electrons. The van der Waals surface area contributed by atoms with Crippen LogP contribution in [-0.4, -0.2) is 33.3 Å². The van der Waals surface area contributed by atoms with Crippen molar-refractivity contribution < 1.29 is 9.90 Å². The zero-order valence-corrected chi connectivity index (χ0v) is 11.4.